The number of hydrogen-bond donors (Lipinski definition) is 1. The lowest BCUT2D eigenvalue weighted by Gasteiger charge is -2.34. The molecule has 1 amide bonds. The average molecular weight is 481 g/mol. The van der Waals surface area contributed by atoms with Gasteiger partial charge >= 0.3 is 6.18 Å². The Morgan fingerprint density at radius 1 is 1.00 bits per heavy atom. The Morgan fingerprint density at radius 2 is 1.57 bits per heavy atom. The molecule has 1 saturated heterocycles. The van der Waals surface area contributed by atoms with Crippen LogP contribution in [0.5, 0.6) is 0 Å². The lowest BCUT2D eigenvalue weighted by atomic mass is 9.94. The summed E-state index contributed by atoms with van der Waals surface area (Å²) in [6.45, 7) is 1.59. The zero-order chi connectivity index (χ0) is 24.7. The molecule has 1 N–H and O–H groups in total. The number of hydrogen-bond acceptors (Lipinski definition) is 3. The zero-order valence-electron chi connectivity index (χ0n) is 19.4. The van der Waals surface area contributed by atoms with Gasteiger partial charge in [0.2, 0.25) is 5.91 Å². The molecule has 182 valence electrons. The Hall–Kier alpha value is -3.16. The van der Waals surface area contributed by atoms with Gasteiger partial charge in [-0.25, -0.2) is 0 Å². The van der Waals surface area contributed by atoms with E-state index in [9.17, 15) is 23.1 Å². The number of rotatable bonds is 5. The van der Waals surface area contributed by atoms with E-state index in [0.717, 1.165) is 34.4 Å². The Morgan fingerprint density at radius 3 is 2.09 bits per heavy atom. The van der Waals surface area contributed by atoms with Crippen molar-refractivity contribution < 1.29 is 23.1 Å². The minimum absolute atomic E-state index is 0.105. The van der Waals surface area contributed by atoms with Crippen LogP contribution in [-0.2, 0) is 11.0 Å². The van der Waals surface area contributed by atoms with E-state index < -0.39 is 29.8 Å². The van der Waals surface area contributed by atoms with Gasteiger partial charge in [-0.1, -0.05) is 60.7 Å². The summed E-state index contributed by atoms with van der Waals surface area (Å²) in [5.74, 6) is -0.583. The number of halogens is 3. The quantitative estimate of drug-likeness (QED) is 0.554. The third-order valence-corrected chi connectivity index (χ3v) is 7.20. The maximum absolute atomic E-state index is 14.0. The van der Waals surface area contributed by atoms with Crippen LogP contribution in [0.3, 0.4) is 0 Å². The molecular formula is C28H27F3N2O2. The number of likely N-dealkylation sites (tertiary alicyclic amines) is 1. The van der Waals surface area contributed by atoms with Crippen molar-refractivity contribution in [2.75, 3.05) is 26.7 Å². The van der Waals surface area contributed by atoms with E-state index in [1.165, 1.54) is 12.1 Å². The molecule has 7 heteroatoms. The predicted molar refractivity (Wildman–Crippen MR) is 128 cm³/mol. The molecule has 2 aliphatic rings. The Kier molecular flexibility index (Phi) is 6.15. The number of β-amino-alcohol motifs (C(OH)–C–C–N with tert-alkyl or cyclic N) is 1. The van der Waals surface area contributed by atoms with E-state index in [2.05, 4.69) is 4.90 Å². The summed E-state index contributed by atoms with van der Waals surface area (Å²) >= 11 is 0. The molecule has 1 aliphatic heterocycles. The fraction of sp³-hybridized carbons (Fsp3) is 0.321. The van der Waals surface area contributed by atoms with Gasteiger partial charge < -0.3 is 10.0 Å². The molecule has 1 aliphatic carbocycles. The number of alkyl halides is 3. The monoisotopic (exact) mass is 480 g/mol. The molecule has 1 fully saturated rings. The molecule has 5 rings (SSSR count). The standard InChI is InChI=1S/C28H27F3N2O2/c1-32(27(35)26-23-8-4-2-6-21(23)22-7-3-5-9-24(22)26)25(17-33-15-14-20(34)16-33)18-10-12-19(13-11-18)28(29,30)31/h2-13,20,25-26,34H,14-17H2,1H3/t20-,25+/m0/s1. The molecule has 3 aromatic carbocycles. The van der Waals surface area contributed by atoms with E-state index in [0.29, 0.717) is 31.6 Å². The molecule has 3 aromatic rings. The summed E-state index contributed by atoms with van der Waals surface area (Å²) in [4.78, 5) is 17.8. The maximum Gasteiger partial charge on any atom is 0.416 e. The van der Waals surface area contributed by atoms with Gasteiger partial charge in [0.05, 0.1) is 23.6 Å². The van der Waals surface area contributed by atoms with Crippen molar-refractivity contribution in [2.45, 2.75) is 30.7 Å². The minimum Gasteiger partial charge on any atom is -0.392 e. The normalized spacial score (nSPS) is 18.8. The maximum atomic E-state index is 14.0. The first kappa shape index (κ1) is 23.6. The molecule has 4 nitrogen and oxygen atoms in total. The molecule has 35 heavy (non-hydrogen) atoms. The SMILES string of the molecule is CN(C(=O)C1c2ccccc2-c2ccccc21)[C@H](CN1CC[C@H](O)C1)c1ccc(C(F)(F)F)cc1. The number of carbonyl (C=O) groups is 1. The highest BCUT2D eigenvalue weighted by Gasteiger charge is 2.38. The molecule has 0 saturated carbocycles. The highest BCUT2D eigenvalue weighted by Crippen LogP contribution is 2.46. The predicted octanol–water partition coefficient (Wildman–Crippen LogP) is 5.08. The first-order valence-corrected chi connectivity index (χ1v) is 11.8. The van der Waals surface area contributed by atoms with Crippen molar-refractivity contribution in [1.29, 1.82) is 0 Å². The van der Waals surface area contributed by atoms with Gasteiger partial charge in [-0.15, -0.1) is 0 Å². The summed E-state index contributed by atoms with van der Waals surface area (Å²) in [6.07, 6.45) is -4.22. The second-order valence-corrected chi connectivity index (χ2v) is 9.39. The van der Waals surface area contributed by atoms with Crippen molar-refractivity contribution in [3.8, 4) is 11.1 Å². The number of benzene rings is 3. The Bertz CT molecular complexity index is 1180. The number of likely N-dealkylation sites (N-methyl/N-ethyl adjacent to an activating group) is 1. The van der Waals surface area contributed by atoms with Gasteiger partial charge in [0.15, 0.2) is 0 Å². The molecule has 0 spiro atoms. The second kappa shape index (κ2) is 9.13. The average Bonchev–Trinajstić information content (AvgIpc) is 3.42. The van der Waals surface area contributed by atoms with Crippen molar-refractivity contribution in [3.05, 3.63) is 95.1 Å². The molecule has 0 aromatic heterocycles. The molecule has 0 unspecified atom stereocenters. The first-order chi connectivity index (χ1) is 16.7. The number of fused-ring (bicyclic) bond motifs is 3. The van der Waals surface area contributed by atoms with Gasteiger partial charge in [-0.3, -0.25) is 9.69 Å². The van der Waals surface area contributed by atoms with E-state index in [-0.39, 0.29) is 5.91 Å². The smallest absolute Gasteiger partial charge is 0.392 e. The van der Waals surface area contributed by atoms with Crippen LogP contribution in [0.2, 0.25) is 0 Å². The lowest BCUT2D eigenvalue weighted by molar-refractivity contribution is -0.137. The number of aliphatic hydroxyl groups is 1. The number of amides is 1. The van der Waals surface area contributed by atoms with E-state index in [4.69, 9.17) is 0 Å². The fourth-order valence-corrected chi connectivity index (χ4v) is 5.35. The second-order valence-electron chi connectivity index (χ2n) is 9.39. The van der Waals surface area contributed by atoms with Crippen LogP contribution >= 0.6 is 0 Å². The number of carbonyl (C=O) groups excluding carboxylic acids is 1. The van der Waals surface area contributed by atoms with Crippen LogP contribution in [0.4, 0.5) is 13.2 Å². The summed E-state index contributed by atoms with van der Waals surface area (Å²) in [6, 6.07) is 20.3. The van der Waals surface area contributed by atoms with Crippen molar-refractivity contribution in [1.82, 2.24) is 9.80 Å². The Balaban J connectivity index is 1.50. The summed E-state index contributed by atoms with van der Waals surface area (Å²) in [5, 5.41) is 10.0. The highest BCUT2D eigenvalue weighted by atomic mass is 19.4. The molecular weight excluding hydrogens is 453 g/mol. The van der Waals surface area contributed by atoms with Crippen molar-refractivity contribution in [3.63, 3.8) is 0 Å². The molecule has 0 bridgehead atoms. The third-order valence-electron chi connectivity index (χ3n) is 7.20. The van der Waals surface area contributed by atoms with Crippen molar-refractivity contribution in [2.24, 2.45) is 0 Å². The van der Waals surface area contributed by atoms with E-state index >= 15 is 0 Å². The molecule has 0 radical (unpaired) electrons. The van der Waals surface area contributed by atoms with Crippen LogP contribution in [0.25, 0.3) is 11.1 Å². The number of nitrogens with zero attached hydrogens (tertiary/aromatic N) is 2. The topological polar surface area (TPSA) is 43.8 Å². The largest absolute Gasteiger partial charge is 0.416 e. The summed E-state index contributed by atoms with van der Waals surface area (Å²) < 4.78 is 39.5. The van der Waals surface area contributed by atoms with Crippen LogP contribution in [0, 0.1) is 0 Å². The van der Waals surface area contributed by atoms with Gasteiger partial charge in [0, 0.05) is 26.7 Å². The van der Waals surface area contributed by atoms with Gasteiger partial charge in [0.1, 0.15) is 0 Å². The van der Waals surface area contributed by atoms with Gasteiger partial charge in [-0.2, -0.15) is 13.2 Å². The Labute approximate surface area is 202 Å². The third kappa shape index (κ3) is 4.46. The lowest BCUT2D eigenvalue weighted by Crippen LogP contribution is -2.41. The van der Waals surface area contributed by atoms with Crippen LogP contribution in [0.15, 0.2) is 72.8 Å². The van der Waals surface area contributed by atoms with Crippen LogP contribution < -0.4 is 0 Å². The number of aliphatic hydroxyl groups excluding tert-OH is 1. The minimum atomic E-state index is -4.42. The van der Waals surface area contributed by atoms with Gasteiger partial charge in [0.25, 0.3) is 0 Å². The zero-order valence-corrected chi connectivity index (χ0v) is 19.4. The van der Waals surface area contributed by atoms with Crippen molar-refractivity contribution >= 4 is 5.91 Å². The van der Waals surface area contributed by atoms with Crippen LogP contribution in [0.1, 0.15) is 40.6 Å². The molecule has 1 heterocycles. The first-order valence-electron chi connectivity index (χ1n) is 11.8. The summed E-state index contributed by atoms with van der Waals surface area (Å²) in [7, 11) is 1.72. The highest BCUT2D eigenvalue weighted by molar-refractivity contribution is 5.96. The van der Waals surface area contributed by atoms with Crippen LogP contribution in [-0.4, -0.2) is 53.6 Å². The van der Waals surface area contributed by atoms with E-state index in [1.54, 1.807) is 11.9 Å². The summed E-state index contributed by atoms with van der Waals surface area (Å²) in [5.41, 5.74) is 3.85. The van der Waals surface area contributed by atoms with E-state index in [1.807, 2.05) is 48.5 Å². The fourth-order valence-electron chi connectivity index (χ4n) is 5.35. The molecule has 2 atom stereocenters. The van der Waals surface area contributed by atoms with Gasteiger partial charge in [-0.05, 0) is 46.4 Å².